The first-order valence-corrected chi connectivity index (χ1v) is 4.03. The molecule has 0 radical (unpaired) electrons. The lowest BCUT2D eigenvalue weighted by atomic mass is 10.3. The smallest absolute Gasteiger partial charge is 0.346 e. The van der Waals surface area contributed by atoms with E-state index in [-0.39, 0.29) is 5.69 Å². The Balaban J connectivity index is 3.05. The summed E-state index contributed by atoms with van der Waals surface area (Å²) in [4.78, 5) is 19.1. The summed E-state index contributed by atoms with van der Waals surface area (Å²) < 4.78 is 0. The number of likely N-dealkylation sites (N-methyl/N-ethyl adjacent to an activating group) is 1. The summed E-state index contributed by atoms with van der Waals surface area (Å²) in [6, 6.07) is 0. The van der Waals surface area contributed by atoms with Crippen molar-refractivity contribution in [2.75, 3.05) is 18.5 Å². The number of aromatic nitrogens is 2. The zero-order valence-corrected chi connectivity index (χ0v) is 7.87. The lowest BCUT2D eigenvalue weighted by Gasteiger charge is -2.17. The maximum atomic E-state index is 10.9. The van der Waals surface area contributed by atoms with Crippen molar-refractivity contribution in [3.63, 3.8) is 0 Å². The molecule has 0 unspecified atom stereocenters. The standard InChI is InChI=1S/C9H13N3O/c1-4-5-12(3)8-7(2)6-10-9(13)11-8/h4,6H,1,5H2,2-3H3,(H,10,11,13). The molecule has 0 saturated heterocycles. The van der Waals surface area contributed by atoms with Gasteiger partial charge < -0.3 is 4.90 Å². The molecule has 1 N–H and O–H groups in total. The molecule has 1 aromatic heterocycles. The van der Waals surface area contributed by atoms with Gasteiger partial charge in [-0.05, 0) is 6.92 Å². The molecule has 0 amide bonds. The summed E-state index contributed by atoms with van der Waals surface area (Å²) in [5, 5.41) is 0. The third-order valence-electron chi connectivity index (χ3n) is 1.76. The van der Waals surface area contributed by atoms with Gasteiger partial charge in [0.1, 0.15) is 5.82 Å². The zero-order chi connectivity index (χ0) is 9.84. The molecule has 70 valence electrons. The Morgan fingerprint density at radius 2 is 2.46 bits per heavy atom. The first-order valence-electron chi connectivity index (χ1n) is 4.03. The number of aryl methyl sites for hydroxylation is 1. The topological polar surface area (TPSA) is 49.0 Å². The molecule has 13 heavy (non-hydrogen) atoms. The predicted molar refractivity (Wildman–Crippen MR) is 53.1 cm³/mol. The van der Waals surface area contributed by atoms with Gasteiger partial charge in [0.25, 0.3) is 0 Å². The lowest BCUT2D eigenvalue weighted by Crippen LogP contribution is -2.23. The Morgan fingerprint density at radius 3 is 3.08 bits per heavy atom. The average molecular weight is 179 g/mol. The fourth-order valence-corrected chi connectivity index (χ4v) is 1.13. The Hall–Kier alpha value is -1.58. The van der Waals surface area contributed by atoms with Gasteiger partial charge >= 0.3 is 5.69 Å². The molecular weight excluding hydrogens is 166 g/mol. The number of hydrogen-bond acceptors (Lipinski definition) is 3. The normalized spacial score (nSPS) is 9.69. The van der Waals surface area contributed by atoms with Crippen molar-refractivity contribution in [1.82, 2.24) is 9.97 Å². The minimum Gasteiger partial charge on any atom is -0.357 e. The molecule has 0 aliphatic carbocycles. The van der Waals surface area contributed by atoms with E-state index in [2.05, 4.69) is 16.5 Å². The van der Waals surface area contributed by atoms with E-state index in [1.54, 1.807) is 12.3 Å². The van der Waals surface area contributed by atoms with Crippen molar-refractivity contribution in [2.45, 2.75) is 6.92 Å². The largest absolute Gasteiger partial charge is 0.357 e. The minimum atomic E-state index is -0.323. The number of nitrogens with zero attached hydrogens (tertiary/aromatic N) is 2. The highest BCUT2D eigenvalue weighted by Gasteiger charge is 2.03. The second-order valence-corrected chi connectivity index (χ2v) is 2.89. The third-order valence-corrected chi connectivity index (χ3v) is 1.76. The van der Waals surface area contributed by atoms with Gasteiger partial charge in [0, 0.05) is 25.4 Å². The number of rotatable bonds is 3. The highest BCUT2D eigenvalue weighted by Crippen LogP contribution is 2.10. The predicted octanol–water partition coefficient (Wildman–Crippen LogP) is 0.701. The van der Waals surface area contributed by atoms with E-state index in [0.717, 1.165) is 11.4 Å². The van der Waals surface area contributed by atoms with E-state index in [9.17, 15) is 4.79 Å². The van der Waals surface area contributed by atoms with Crippen LogP contribution in [0.3, 0.4) is 0 Å². The van der Waals surface area contributed by atoms with Gasteiger partial charge in [-0.25, -0.2) is 9.78 Å². The van der Waals surface area contributed by atoms with E-state index < -0.39 is 0 Å². The molecule has 4 nitrogen and oxygen atoms in total. The van der Waals surface area contributed by atoms with Crippen molar-refractivity contribution < 1.29 is 0 Å². The van der Waals surface area contributed by atoms with Crippen LogP contribution in [-0.2, 0) is 0 Å². The van der Waals surface area contributed by atoms with Crippen molar-refractivity contribution in [3.05, 3.63) is 34.9 Å². The monoisotopic (exact) mass is 179 g/mol. The molecule has 1 rings (SSSR count). The summed E-state index contributed by atoms with van der Waals surface area (Å²) in [6.07, 6.45) is 3.34. The molecule has 0 atom stereocenters. The number of H-pyrrole nitrogens is 1. The number of hydrogen-bond donors (Lipinski definition) is 1. The molecule has 0 aliphatic rings. The van der Waals surface area contributed by atoms with Crippen molar-refractivity contribution >= 4 is 5.82 Å². The molecule has 0 aliphatic heterocycles. The molecule has 1 aromatic rings. The first-order chi connectivity index (χ1) is 6.15. The molecular formula is C9H13N3O. The van der Waals surface area contributed by atoms with Crippen molar-refractivity contribution in [1.29, 1.82) is 0 Å². The summed E-state index contributed by atoms with van der Waals surface area (Å²) in [5.41, 5.74) is 0.625. The van der Waals surface area contributed by atoms with Crippen LogP contribution in [0.4, 0.5) is 5.82 Å². The average Bonchev–Trinajstić information content (AvgIpc) is 2.09. The third kappa shape index (κ3) is 2.18. The van der Waals surface area contributed by atoms with Crippen molar-refractivity contribution in [2.24, 2.45) is 0 Å². The van der Waals surface area contributed by atoms with Crippen LogP contribution in [0.1, 0.15) is 5.56 Å². The molecule has 0 saturated carbocycles. The van der Waals surface area contributed by atoms with Gasteiger partial charge in [0.05, 0.1) is 0 Å². The van der Waals surface area contributed by atoms with Crippen LogP contribution >= 0.6 is 0 Å². The van der Waals surface area contributed by atoms with Gasteiger partial charge in [-0.2, -0.15) is 0 Å². The molecule has 0 aromatic carbocycles. The van der Waals surface area contributed by atoms with Crippen LogP contribution in [0.5, 0.6) is 0 Å². The second kappa shape index (κ2) is 3.89. The van der Waals surface area contributed by atoms with Gasteiger partial charge in [-0.15, -0.1) is 6.58 Å². The van der Waals surface area contributed by atoms with E-state index >= 15 is 0 Å². The highest BCUT2D eigenvalue weighted by molar-refractivity contribution is 5.43. The number of aromatic amines is 1. The first kappa shape index (κ1) is 9.51. The van der Waals surface area contributed by atoms with Crippen LogP contribution in [0.25, 0.3) is 0 Å². The Morgan fingerprint density at radius 1 is 1.77 bits per heavy atom. The fraction of sp³-hybridized carbons (Fsp3) is 0.333. The van der Waals surface area contributed by atoms with E-state index in [1.807, 2.05) is 18.9 Å². The zero-order valence-electron chi connectivity index (χ0n) is 7.87. The van der Waals surface area contributed by atoms with E-state index in [0.29, 0.717) is 6.54 Å². The van der Waals surface area contributed by atoms with Gasteiger partial charge in [0.15, 0.2) is 0 Å². The molecule has 0 bridgehead atoms. The van der Waals surface area contributed by atoms with E-state index in [1.165, 1.54) is 0 Å². The van der Waals surface area contributed by atoms with E-state index in [4.69, 9.17) is 0 Å². The minimum absolute atomic E-state index is 0.323. The summed E-state index contributed by atoms with van der Waals surface area (Å²) >= 11 is 0. The molecule has 1 heterocycles. The highest BCUT2D eigenvalue weighted by atomic mass is 16.1. The van der Waals surface area contributed by atoms with Crippen LogP contribution in [-0.4, -0.2) is 23.6 Å². The lowest BCUT2D eigenvalue weighted by molar-refractivity contribution is 0.936. The fourth-order valence-electron chi connectivity index (χ4n) is 1.13. The quantitative estimate of drug-likeness (QED) is 0.695. The maximum Gasteiger partial charge on any atom is 0.346 e. The Labute approximate surface area is 76.9 Å². The molecule has 0 spiro atoms. The van der Waals surface area contributed by atoms with Crippen LogP contribution in [0, 0.1) is 6.92 Å². The van der Waals surface area contributed by atoms with Crippen molar-refractivity contribution in [3.8, 4) is 0 Å². The summed E-state index contributed by atoms with van der Waals surface area (Å²) in [5.74, 6) is 0.792. The van der Waals surface area contributed by atoms with Crippen LogP contribution < -0.4 is 10.6 Å². The van der Waals surface area contributed by atoms with Crippen LogP contribution in [0.2, 0.25) is 0 Å². The molecule has 0 fully saturated rings. The maximum absolute atomic E-state index is 10.9. The summed E-state index contributed by atoms with van der Waals surface area (Å²) in [6.45, 7) is 6.22. The second-order valence-electron chi connectivity index (χ2n) is 2.89. The SMILES string of the molecule is C=CCN(C)c1[nH]c(=O)ncc1C. The summed E-state index contributed by atoms with van der Waals surface area (Å²) in [7, 11) is 1.89. The number of nitrogens with one attached hydrogen (secondary N) is 1. The number of anilines is 1. The molecule has 4 heteroatoms. The Bertz CT molecular complexity index is 356. The van der Waals surface area contributed by atoms with Gasteiger partial charge in [-0.3, -0.25) is 4.98 Å². The van der Waals surface area contributed by atoms with Gasteiger partial charge in [0.2, 0.25) is 0 Å². The van der Waals surface area contributed by atoms with Crippen LogP contribution in [0.15, 0.2) is 23.6 Å². The Kier molecular flexibility index (Phi) is 2.84. The van der Waals surface area contributed by atoms with Gasteiger partial charge in [-0.1, -0.05) is 6.08 Å².